The molecule has 13 heteroatoms. The number of carbonyl (C=O) groups is 1. The van der Waals surface area contributed by atoms with Crippen LogP contribution in [0.25, 0.3) is 0 Å². The van der Waals surface area contributed by atoms with Gasteiger partial charge in [0.05, 0.1) is 11.4 Å². The lowest BCUT2D eigenvalue weighted by Crippen LogP contribution is -2.22. The van der Waals surface area contributed by atoms with E-state index in [1.807, 2.05) is 22.6 Å². The van der Waals surface area contributed by atoms with Crippen LogP contribution in [-0.4, -0.2) is 14.3 Å². The molecular weight excluding hydrogens is 564 g/mol. The van der Waals surface area contributed by atoms with Gasteiger partial charge in [-0.1, -0.05) is 6.07 Å². The molecule has 0 radical (unpaired) electrons. The molecule has 0 spiro atoms. The van der Waals surface area contributed by atoms with Gasteiger partial charge in [-0.3, -0.25) is 9.52 Å². The number of nitrogens with one attached hydrogen (secondary N) is 2. The Labute approximate surface area is 194 Å². The molecule has 0 atom stereocenters. The van der Waals surface area contributed by atoms with Gasteiger partial charge in [-0.15, -0.1) is 0 Å². The number of primary amides is 1. The average molecular weight is 578 g/mol. The summed E-state index contributed by atoms with van der Waals surface area (Å²) in [5.74, 6) is -4.62. The molecular formula is C19H14F3IN4O4S. The number of rotatable bonds is 7. The molecule has 168 valence electrons. The van der Waals surface area contributed by atoms with Crippen molar-refractivity contribution in [3.8, 4) is 11.5 Å². The third kappa shape index (κ3) is 5.60. The van der Waals surface area contributed by atoms with E-state index in [2.05, 4.69) is 5.32 Å². The normalized spacial score (nSPS) is 11.2. The van der Waals surface area contributed by atoms with Crippen molar-refractivity contribution < 1.29 is 31.1 Å². The Kier molecular flexibility index (Phi) is 6.80. The Morgan fingerprint density at radius 1 is 0.969 bits per heavy atom. The van der Waals surface area contributed by atoms with E-state index in [9.17, 15) is 26.4 Å². The van der Waals surface area contributed by atoms with E-state index in [0.717, 1.165) is 24.3 Å². The van der Waals surface area contributed by atoms with Crippen molar-refractivity contribution in [3.63, 3.8) is 0 Å². The summed E-state index contributed by atoms with van der Waals surface area (Å²) >= 11 is 1.90. The van der Waals surface area contributed by atoms with Crippen LogP contribution in [-0.2, 0) is 10.2 Å². The van der Waals surface area contributed by atoms with Crippen molar-refractivity contribution in [2.24, 2.45) is 10.9 Å². The lowest BCUT2D eigenvalue weighted by atomic mass is 10.1. The number of hydrogen-bond acceptors (Lipinski definition) is 5. The number of benzene rings is 3. The van der Waals surface area contributed by atoms with Crippen LogP contribution in [0.15, 0.2) is 48.5 Å². The maximum absolute atomic E-state index is 14.3. The summed E-state index contributed by atoms with van der Waals surface area (Å²) in [7, 11) is -4.40. The van der Waals surface area contributed by atoms with E-state index >= 15 is 0 Å². The molecule has 3 rings (SSSR count). The molecule has 0 aromatic heterocycles. The van der Waals surface area contributed by atoms with Gasteiger partial charge in [-0.2, -0.15) is 8.42 Å². The zero-order valence-corrected chi connectivity index (χ0v) is 18.8. The van der Waals surface area contributed by atoms with Crippen molar-refractivity contribution in [3.05, 3.63) is 75.1 Å². The number of hydrogen-bond donors (Lipinski definition) is 4. The predicted molar refractivity (Wildman–Crippen MR) is 121 cm³/mol. The van der Waals surface area contributed by atoms with Crippen molar-refractivity contribution in [2.45, 2.75) is 0 Å². The largest absolute Gasteiger partial charge is 0.454 e. The van der Waals surface area contributed by atoms with E-state index in [1.54, 1.807) is 10.8 Å². The average Bonchev–Trinajstić information content (AvgIpc) is 2.65. The summed E-state index contributed by atoms with van der Waals surface area (Å²) < 4.78 is 73.3. The quantitative estimate of drug-likeness (QED) is 0.315. The second-order valence-electron chi connectivity index (χ2n) is 6.30. The standard InChI is InChI=1S/C19H14F3IN4O4S/c20-9-6-14(26-13-5-4-10(23)8-12(13)22)17(19(24)28)16(7-9)31-15-3-1-2-11(21)18(15)27-32(25,29)30/h1-8,26-27H,(H2,24,28)(H2,25,29,30). The van der Waals surface area contributed by atoms with E-state index < -0.39 is 56.3 Å². The molecule has 0 saturated carbocycles. The molecule has 3 aromatic rings. The van der Waals surface area contributed by atoms with Crippen molar-refractivity contribution in [1.82, 2.24) is 0 Å². The molecule has 3 aromatic carbocycles. The van der Waals surface area contributed by atoms with Crippen LogP contribution in [0.5, 0.6) is 11.5 Å². The van der Waals surface area contributed by atoms with Gasteiger partial charge in [0.25, 0.3) is 16.1 Å². The fourth-order valence-electron chi connectivity index (χ4n) is 2.70. The maximum atomic E-state index is 14.3. The minimum atomic E-state index is -4.40. The summed E-state index contributed by atoms with van der Waals surface area (Å²) in [4.78, 5) is 12.1. The minimum absolute atomic E-state index is 0.0770. The van der Waals surface area contributed by atoms with E-state index in [1.165, 1.54) is 18.2 Å². The molecule has 0 fully saturated rings. The van der Waals surface area contributed by atoms with Crippen molar-refractivity contribution in [2.75, 3.05) is 10.0 Å². The number of para-hydroxylation sites is 1. The summed E-state index contributed by atoms with van der Waals surface area (Å²) in [5.41, 5.74) is 4.05. The summed E-state index contributed by atoms with van der Waals surface area (Å²) in [6.07, 6.45) is 0. The smallest absolute Gasteiger partial charge is 0.296 e. The van der Waals surface area contributed by atoms with Gasteiger partial charge in [0.15, 0.2) is 11.6 Å². The third-order valence-electron chi connectivity index (χ3n) is 3.95. The van der Waals surface area contributed by atoms with Crippen LogP contribution in [0.3, 0.4) is 0 Å². The highest BCUT2D eigenvalue weighted by atomic mass is 127. The minimum Gasteiger partial charge on any atom is -0.454 e. The van der Waals surface area contributed by atoms with E-state index in [4.69, 9.17) is 15.6 Å². The fraction of sp³-hybridized carbons (Fsp3) is 0. The highest BCUT2D eigenvalue weighted by molar-refractivity contribution is 14.1. The lowest BCUT2D eigenvalue weighted by Gasteiger charge is -2.17. The van der Waals surface area contributed by atoms with Crippen molar-refractivity contribution in [1.29, 1.82) is 0 Å². The number of ether oxygens (including phenoxy) is 1. The molecule has 0 aliphatic rings. The second kappa shape index (κ2) is 9.22. The Hall–Kier alpha value is -3.04. The molecule has 0 heterocycles. The first-order chi connectivity index (χ1) is 14.9. The Morgan fingerprint density at radius 2 is 1.69 bits per heavy atom. The van der Waals surface area contributed by atoms with Crippen LogP contribution in [0.2, 0.25) is 0 Å². The molecule has 6 N–H and O–H groups in total. The van der Waals surface area contributed by atoms with Gasteiger partial charge in [0, 0.05) is 9.64 Å². The number of anilines is 3. The van der Waals surface area contributed by atoms with Gasteiger partial charge >= 0.3 is 0 Å². The molecule has 1 amide bonds. The van der Waals surface area contributed by atoms with Gasteiger partial charge in [0.2, 0.25) is 0 Å². The van der Waals surface area contributed by atoms with E-state index in [-0.39, 0.29) is 11.4 Å². The first-order valence-corrected chi connectivity index (χ1v) is 11.2. The number of carbonyl (C=O) groups excluding carboxylic acids is 1. The fourth-order valence-corrected chi connectivity index (χ4v) is 3.64. The zero-order valence-electron chi connectivity index (χ0n) is 15.8. The summed E-state index contributed by atoms with van der Waals surface area (Å²) in [6, 6.07) is 9.08. The Morgan fingerprint density at radius 3 is 2.31 bits per heavy atom. The number of halogens is 4. The first kappa shape index (κ1) is 23.6. The molecule has 0 bridgehead atoms. The molecule has 0 aliphatic carbocycles. The Balaban J connectivity index is 2.11. The van der Waals surface area contributed by atoms with Crippen molar-refractivity contribution >= 4 is 55.8 Å². The Bertz CT molecular complexity index is 1320. The zero-order chi connectivity index (χ0) is 23.6. The topological polar surface area (TPSA) is 137 Å². The van der Waals surface area contributed by atoms with Crippen LogP contribution >= 0.6 is 22.6 Å². The third-order valence-corrected chi connectivity index (χ3v) is 5.11. The van der Waals surface area contributed by atoms with Crippen LogP contribution < -0.4 is 25.6 Å². The van der Waals surface area contributed by atoms with Crippen LogP contribution in [0.1, 0.15) is 10.4 Å². The summed E-state index contributed by atoms with van der Waals surface area (Å²) in [6.45, 7) is 0. The van der Waals surface area contributed by atoms with Crippen LogP contribution in [0.4, 0.5) is 30.2 Å². The number of amides is 1. The summed E-state index contributed by atoms with van der Waals surface area (Å²) in [5, 5.41) is 7.47. The highest BCUT2D eigenvalue weighted by Gasteiger charge is 2.22. The molecule has 8 nitrogen and oxygen atoms in total. The van der Waals surface area contributed by atoms with Gasteiger partial charge in [-0.25, -0.2) is 18.3 Å². The lowest BCUT2D eigenvalue weighted by molar-refractivity contribution is 0.0999. The molecule has 32 heavy (non-hydrogen) atoms. The van der Waals surface area contributed by atoms with Gasteiger partial charge in [-0.05, 0) is 59.0 Å². The van der Waals surface area contributed by atoms with E-state index in [0.29, 0.717) is 3.57 Å². The second-order valence-corrected chi connectivity index (χ2v) is 8.84. The van der Waals surface area contributed by atoms with Gasteiger partial charge < -0.3 is 15.8 Å². The van der Waals surface area contributed by atoms with Crippen LogP contribution in [0, 0.1) is 21.0 Å². The monoisotopic (exact) mass is 578 g/mol. The first-order valence-electron chi connectivity index (χ1n) is 8.57. The van der Waals surface area contributed by atoms with Gasteiger partial charge in [0.1, 0.15) is 28.6 Å². The maximum Gasteiger partial charge on any atom is 0.296 e. The molecule has 0 unspecified atom stereocenters. The molecule has 0 saturated heterocycles. The predicted octanol–water partition coefficient (Wildman–Crippen LogP) is 3.96. The SMILES string of the molecule is NC(=O)c1c(Nc2ccc(I)cc2F)cc(F)cc1Oc1cccc(F)c1NS(N)(=O)=O. The number of nitrogens with two attached hydrogens (primary N) is 2. The highest BCUT2D eigenvalue weighted by Crippen LogP contribution is 2.37. The molecule has 0 aliphatic heterocycles.